The van der Waals surface area contributed by atoms with Crippen molar-refractivity contribution in [2.24, 2.45) is 11.5 Å². The number of nitrogens with two attached hydrogens (primary N) is 2. The van der Waals surface area contributed by atoms with Gasteiger partial charge in [0, 0.05) is 0 Å². The zero-order valence-electron chi connectivity index (χ0n) is 14.0. The first-order chi connectivity index (χ1) is 12.0. The minimum absolute atomic E-state index is 0.112. The van der Waals surface area contributed by atoms with Gasteiger partial charge in [-0.25, -0.2) is 4.79 Å². The molecule has 0 radical (unpaired) electrons. The van der Waals surface area contributed by atoms with Crippen molar-refractivity contribution in [1.29, 1.82) is 0 Å². The second-order valence-electron chi connectivity index (χ2n) is 5.33. The van der Waals surface area contributed by atoms with Crippen molar-refractivity contribution < 1.29 is 19.4 Å². The van der Waals surface area contributed by atoms with Crippen LogP contribution in [0.15, 0.2) is 60.7 Å². The molecule has 0 aliphatic heterocycles. The minimum atomic E-state index is -0.786. The summed E-state index contributed by atoms with van der Waals surface area (Å²) in [7, 11) is 0. The first kappa shape index (κ1) is 20.3. The molecule has 0 saturated heterocycles. The molecule has 2 rings (SSSR count). The summed E-state index contributed by atoms with van der Waals surface area (Å²) in [6.07, 6.45) is 1.40. The van der Waals surface area contributed by atoms with Crippen LogP contribution in [-0.2, 0) is 16.0 Å². The summed E-state index contributed by atoms with van der Waals surface area (Å²) in [5.74, 6) is -0.674. The first-order valence-corrected chi connectivity index (χ1v) is 8.01. The Bertz CT molecular complexity index is 632. The number of ether oxygens (including phenoxy) is 1. The number of esters is 1. The average Bonchev–Trinajstić information content (AvgIpc) is 2.61. The third-order valence-corrected chi connectivity index (χ3v) is 3.18. The number of para-hydroxylation sites is 1. The van der Waals surface area contributed by atoms with Gasteiger partial charge in [-0.2, -0.15) is 0 Å². The predicted molar refractivity (Wildman–Crippen MR) is 96.1 cm³/mol. The number of benzene rings is 2. The second-order valence-corrected chi connectivity index (χ2v) is 5.33. The fourth-order valence-corrected chi connectivity index (χ4v) is 1.91. The number of carbonyl (C=O) groups is 2. The number of hydrogen-bond donors (Lipinski definition) is 3. The lowest BCUT2D eigenvalue weighted by molar-refractivity contribution is -0.137. The van der Waals surface area contributed by atoms with Crippen LogP contribution in [0.5, 0.6) is 5.75 Å². The van der Waals surface area contributed by atoms with E-state index in [0.29, 0.717) is 18.7 Å². The van der Waals surface area contributed by atoms with E-state index >= 15 is 0 Å². The summed E-state index contributed by atoms with van der Waals surface area (Å²) >= 11 is 0. The van der Waals surface area contributed by atoms with Gasteiger partial charge in [0.25, 0.3) is 0 Å². The Balaban J connectivity index is 0.000000271. The zero-order chi connectivity index (χ0) is 18.5. The Morgan fingerprint density at radius 3 is 2.08 bits per heavy atom. The normalized spacial score (nSPS) is 11.0. The highest BCUT2D eigenvalue weighted by molar-refractivity contribution is 5.77. The van der Waals surface area contributed by atoms with Crippen LogP contribution in [0.2, 0.25) is 0 Å². The molecule has 0 aliphatic carbocycles. The van der Waals surface area contributed by atoms with Crippen LogP contribution in [0.1, 0.15) is 18.4 Å². The van der Waals surface area contributed by atoms with Crippen LogP contribution in [0.25, 0.3) is 0 Å². The summed E-state index contributed by atoms with van der Waals surface area (Å²) in [6.45, 7) is 0.534. The Morgan fingerprint density at radius 1 is 1.00 bits per heavy atom. The van der Waals surface area contributed by atoms with E-state index < -0.39 is 18.0 Å². The lowest BCUT2D eigenvalue weighted by atomic mass is 10.2. The molecule has 25 heavy (non-hydrogen) atoms. The number of rotatable bonds is 7. The molecule has 0 spiro atoms. The molecule has 0 unspecified atom stereocenters. The van der Waals surface area contributed by atoms with E-state index in [2.05, 4.69) is 0 Å². The average molecular weight is 344 g/mol. The molecule has 1 atom stereocenters. The molecule has 2 aromatic rings. The van der Waals surface area contributed by atoms with E-state index in [4.69, 9.17) is 21.3 Å². The molecule has 5 N–H and O–H groups in total. The monoisotopic (exact) mass is 344 g/mol. The maximum absolute atomic E-state index is 11.4. The molecule has 0 aromatic heterocycles. The van der Waals surface area contributed by atoms with Crippen molar-refractivity contribution in [3.05, 3.63) is 66.2 Å². The third kappa shape index (κ3) is 9.24. The Labute approximate surface area is 147 Å². The molecular weight excluding hydrogens is 320 g/mol. The molecule has 0 aliphatic rings. The van der Waals surface area contributed by atoms with Gasteiger partial charge in [0.05, 0.1) is 6.42 Å². The van der Waals surface area contributed by atoms with Crippen molar-refractivity contribution in [3.8, 4) is 5.75 Å². The quantitative estimate of drug-likeness (QED) is 0.522. The molecule has 0 amide bonds. The molecular formula is C19H24N2O4. The van der Waals surface area contributed by atoms with Gasteiger partial charge < -0.3 is 21.3 Å². The smallest absolute Gasteiger partial charge is 0.328 e. The fourth-order valence-electron chi connectivity index (χ4n) is 1.91. The van der Waals surface area contributed by atoms with Crippen molar-refractivity contribution in [2.75, 3.05) is 6.54 Å². The van der Waals surface area contributed by atoms with Crippen LogP contribution in [-0.4, -0.2) is 29.6 Å². The maximum Gasteiger partial charge on any atom is 0.328 e. The molecule has 0 bridgehead atoms. The van der Waals surface area contributed by atoms with Gasteiger partial charge in [-0.3, -0.25) is 4.79 Å². The lowest BCUT2D eigenvalue weighted by Crippen LogP contribution is -2.34. The highest BCUT2D eigenvalue weighted by Gasteiger charge is 2.14. The van der Waals surface area contributed by atoms with E-state index in [0.717, 1.165) is 12.0 Å². The van der Waals surface area contributed by atoms with Crippen molar-refractivity contribution in [3.63, 3.8) is 0 Å². The standard InChI is InChI=1S/C11H16N2O2.C8H8O2/c12-8-4-7-10(13)11(14)15-9-5-2-1-3-6-9;9-8(10)6-7-4-2-1-3-5-7/h1-3,5-6,10H,4,7-8,12-13H2;1-5H,6H2,(H,9,10)/t10-;/m1./s1. The summed E-state index contributed by atoms with van der Waals surface area (Å²) in [4.78, 5) is 21.6. The number of hydrogen-bond acceptors (Lipinski definition) is 5. The van der Waals surface area contributed by atoms with E-state index in [-0.39, 0.29) is 6.42 Å². The molecule has 2 aromatic carbocycles. The van der Waals surface area contributed by atoms with Crippen LogP contribution in [0.3, 0.4) is 0 Å². The minimum Gasteiger partial charge on any atom is -0.481 e. The molecule has 134 valence electrons. The lowest BCUT2D eigenvalue weighted by Gasteiger charge is -2.10. The van der Waals surface area contributed by atoms with E-state index in [1.54, 1.807) is 36.4 Å². The highest BCUT2D eigenvalue weighted by atomic mass is 16.5. The number of carboxylic acid groups (broad SMARTS) is 1. The molecule has 0 heterocycles. The largest absolute Gasteiger partial charge is 0.481 e. The maximum atomic E-state index is 11.4. The predicted octanol–water partition coefficient (Wildman–Crippen LogP) is 1.97. The van der Waals surface area contributed by atoms with Gasteiger partial charge >= 0.3 is 11.9 Å². The van der Waals surface area contributed by atoms with Gasteiger partial charge in [-0.15, -0.1) is 0 Å². The summed E-state index contributed by atoms with van der Waals surface area (Å²) < 4.78 is 5.07. The molecule has 6 heteroatoms. The van der Waals surface area contributed by atoms with E-state index in [1.807, 2.05) is 24.3 Å². The summed E-state index contributed by atoms with van der Waals surface area (Å²) in [5, 5.41) is 8.37. The third-order valence-electron chi connectivity index (χ3n) is 3.18. The fraction of sp³-hybridized carbons (Fsp3) is 0.263. The van der Waals surface area contributed by atoms with Crippen LogP contribution in [0, 0.1) is 0 Å². The van der Waals surface area contributed by atoms with Crippen LogP contribution >= 0.6 is 0 Å². The summed E-state index contributed by atoms with van der Waals surface area (Å²) in [6, 6.07) is 17.4. The Kier molecular flexibility index (Phi) is 9.58. The second kappa shape index (κ2) is 11.8. The topological polar surface area (TPSA) is 116 Å². The van der Waals surface area contributed by atoms with Gasteiger partial charge in [0.2, 0.25) is 0 Å². The van der Waals surface area contributed by atoms with Gasteiger partial charge in [0.15, 0.2) is 0 Å². The van der Waals surface area contributed by atoms with Crippen LogP contribution in [0.4, 0.5) is 0 Å². The molecule has 0 saturated carbocycles. The Hall–Kier alpha value is -2.70. The van der Waals surface area contributed by atoms with Gasteiger partial charge in [-0.1, -0.05) is 48.5 Å². The number of carboxylic acids is 1. The first-order valence-electron chi connectivity index (χ1n) is 8.01. The molecule has 0 fully saturated rings. The Morgan fingerprint density at radius 2 is 1.56 bits per heavy atom. The number of aliphatic carboxylic acids is 1. The highest BCUT2D eigenvalue weighted by Crippen LogP contribution is 2.09. The van der Waals surface area contributed by atoms with Crippen molar-refractivity contribution in [2.45, 2.75) is 25.3 Å². The number of carbonyl (C=O) groups excluding carboxylic acids is 1. The zero-order valence-corrected chi connectivity index (χ0v) is 14.0. The SMILES string of the molecule is NCCC[C@@H](N)C(=O)Oc1ccccc1.O=C(O)Cc1ccccc1. The van der Waals surface area contributed by atoms with Crippen molar-refractivity contribution >= 4 is 11.9 Å². The van der Waals surface area contributed by atoms with E-state index in [1.165, 1.54) is 0 Å². The van der Waals surface area contributed by atoms with Crippen molar-refractivity contribution in [1.82, 2.24) is 0 Å². The van der Waals surface area contributed by atoms with E-state index in [9.17, 15) is 9.59 Å². The van der Waals surface area contributed by atoms with Gasteiger partial charge in [-0.05, 0) is 37.1 Å². The molecule has 6 nitrogen and oxygen atoms in total. The van der Waals surface area contributed by atoms with Gasteiger partial charge in [0.1, 0.15) is 11.8 Å². The van der Waals surface area contributed by atoms with Crippen LogP contribution < -0.4 is 16.2 Å². The summed E-state index contributed by atoms with van der Waals surface area (Å²) in [5.41, 5.74) is 11.8.